The van der Waals surface area contributed by atoms with Crippen LogP contribution in [-0.2, 0) is 0 Å². The lowest BCUT2D eigenvalue weighted by molar-refractivity contribution is 0.312. The van der Waals surface area contributed by atoms with E-state index in [0.29, 0.717) is 11.1 Å². The molecule has 0 aliphatic heterocycles. The highest BCUT2D eigenvalue weighted by molar-refractivity contribution is 6.29. The minimum atomic E-state index is 0.467. The van der Waals surface area contributed by atoms with E-state index < -0.39 is 0 Å². The maximum atomic E-state index is 6.22. The van der Waals surface area contributed by atoms with Gasteiger partial charge in [0.15, 0.2) is 0 Å². The van der Waals surface area contributed by atoms with Crippen LogP contribution in [0.5, 0.6) is 0 Å². The molecule has 1 heterocycles. The van der Waals surface area contributed by atoms with Crippen LogP contribution in [0.25, 0.3) is 11.3 Å². The van der Waals surface area contributed by atoms with Crippen molar-refractivity contribution in [1.29, 1.82) is 0 Å². The molecule has 0 amide bonds. The van der Waals surface area contributed by atoms with Crippen molar-refractivity contribution < 1.29 is 0 Å². The van der Waals surface area contributed by atoms with Gasteiger partial charge in [-0.3, -0.25) is 0 Å². The molecule has 2 nitrogen and oxygen atoms in total. The predicted octanol–water partition coefficient (Wildman–Crippen LogP) is 5.48. The Hall–Kier alpha value is -1.41. The first kappa shape index (κ1) is 14.5. The van der Waals surface area contributed by atoms with Crippen LogP contribution < -0.4 is 0 Å². The largest absolute Gasteiger partial charge is 0.232 e. The minimum absolute atomic E-state index is 0.467. The summed E-state index contributed by atoms with van der Waals surface area (Å²) >= 11 is 6.22. The van der Waals surface area contributed by atoms with Gasteiger partial charge in [0.25, 0.3) is 0 Å². The third-order valence-electron chi connectivity index (χ3n) is 4.57. The maximum Gasteiger partial charge on any atom is 0.133 e. The zero-order chi connectivity index (χ0) is 14.7. The fourth-order valence-corrected chi connectivity index (χ4v) is 3.39. The average molecular weight is 301 g/mol. The molecule has 0 unspecified atom stereocenters. The summed E-state index contributed by atoms with van der Waals surface area (Å²) in [7, 11) is 0. The van der Waals surface area contributed by atoms with Crippen molar-refractivity contribution in [2.45, 2.75) is 44.9 Å². The van der Waals surface area contributed by atoms with Gasteiger partial charge in [0.2, 0.25) is 0 Å². The smallest absolute Gasteiger partial charge is 0.133 e. The second-order valence-electron chi connectivity index (χ2n) is 5.93. The number of halogens is 1. The molecule has 1 fully saturated rings. The molecular weight excluding hydrogens is 280 g/mol. The van der Waals surface area contributed by atoms with Gasteiger partial charge in [-0.05, 0) is 31.6 Å². The summed E-state index contributed by atoms with van der Waals surface area (Å²) < 4.78 is 0. The molecule has 0 N–H and O–H groups in total. The van der Waals surface area contributed by atoms with Crippen LogP contribution in [0.3, 0.4) is 0 Å². The zero-order valence-electron chi connectivity index (χ0n) is 12.4. The molecule has 1 aromatic heterocycles. The number of aromatic nitrogens is 2. The van der Waals surface area contributed by atoms with Gasteiger partial charge in [-0.1, -0.05) is 55.3 Å². The van der Waals surface area contributed by atoms with Gasteiger partial charge in [-0.15, -0.1) is 0 Å². The minimum Gasteiger partial charge on any atom is -0.232 e. The standard InChI is InChI=1S/C18H21ClN2/c1-2-13-8-10-15(11-9-13)18-20-16(12-17(19)21-18)14-6-4-3-5-7-14/h3-7,12-13,15H,2,8-11H2,1H3. The molecule has 1 aliphatic rings. The van der Waals surface area contributed by atoms with Crippen LogP contribution in [0.1, 0.15) is 50.8 Å². The summed E-state index contributed by atoms with van der Waals surface area (Å²) in [4.78, 5) is 9.27. The van der Waals surface area contributed by atoms with Gasteiger partial charge in [0.1, 0.15) is 11.0 Å². The van der Waals surface area contributed by atoms with Crippen molar-refractivity contribution in [1.82, 2.24) is 9.97 Å². The fraction of sp³-hybridized carbons (Fsp3) is 0.444. The summed E-state index contributed by atoms with van der Waals surface area (Å²) in [6, 6.07) is 12.1. The van der Waals surface area contributed by atoms with Crippen LogP contribution in [0, 0.1) is 5.92 Å². The van der Waals surface area contributed by atoms with Gasteiger partial charge < -0.3 is 0 Å². The van der Waals surface area contributed by atoms with Gasteiger partial charge in [-0.25, -0.2) is 9.97 Å². The third kappa shape index (κ3) is 3.44. The molecule has 3 heteroatoms. The van der Waals surface area contributed by atoms with Crippen LogP contribution >= 0.6 is 11.6 Å². The van der Waals surface area contributed by atoms with Crippen LogP contribution in [0.2, 0.25) is 5.15 Å². The lowest BCUT2D eigenvalue weighted by Gasteiger charge is -2.27. The molecule has 1 aliphatic carbocycles. The first-order valence-electron chi connectivity index (χ1n) is 7.86. The molecule has 1 aromatic carbocycles. The van der Waals surface area contributed by atoms with E-state index in [9.17, 15) is 0 Å². The number of rotatable bonds is 3. The second kappa shape index (κ2) is 6.57. The van der Waals surface area contributed by atoms with Gasteiger partial charge in [-0.2, -0.15) is 0 Å². The number of benzene rings is 1. The first-order valence-corrected chi connectivity index (χ1v) is 8.24. The monoisotopic (exact) mass is 300 g/mol. The Kier molecular flexibility index (Phi) is 4.54. The lowest BCUT2D eigenvalue weighted by atomic mass is 9.80. The summed E-state index contributed by atoms with van der Waals surface area (Å²) in [5, 5.41) is 0.552. The molecule has 0 bridgehead atoms. The highest BCUT2D eigenvalue weighted by Crippen LogP contribution is 2.36. The van der Waals surface area contributed by atoms with Gasteiger partial charge in [0.05, 0.1) is 5.69 Å². The van der Waals surface area contributed by atoms with Crippen molar-refractivity contribution >= 4 is 11.6 Å². The molecule has 0 spiro atoms. The Morgan fingerprint density at radius 1 is 1.05 bits per heavy atom. The Morgan fingerprint density at radius 2 is 1.76 bits per heavy atom. The van der Waals surface area contributed by atoms with Gasteiger partial charge >= 0.3 is 0 Å². The summed E-state index contributed by atoms with van der Waals surface area (Å²) in [5.41, 5.74) is 2.04. The molecule has 0 atom stereocenters. The quantitative estimate of drug-likeness (QED) is 0.701. The topological polar surface area (TPSA) is 25.8 Å². The Bertz CT molecular complexity index is 589. The van der Waals surface area contributed by atoms with E-state index in [1.165, 1.54) is 32.1 Å². The van der Waals surface area contributed by atoms with Crippen LogP contribution in [0.4, 0.5) is 0 Å². The van der Waals surface area contributed by atoms with Crippen molar-refractivity contribution in [3.8, 4) is 11.3 Å². The maximum absolute atomic E-state index is 6.22. The average Bonchev–Trinajstić information content (AvgIpc) is 2.55. The number of hydrogen-bond acceptors (Lipinski definition) is 2. The van der Waals surface area contributed by atoms with E-state index in [4.69, 9.17) is 16.6 Å². The van der Waals surface area contributed by atoms with E-state index in [1.54, 1.807) is 0 Å². The van der Waals surface area contributed by atoms with E-state index in [-0.39, 0.29) is 0 Å². The molecule has 1 saturated carbocycles. The van der Waals surface area contributed by atoms with Crippen molar-refractivity contribution in [2.24, 2.45) is 5.92 Å². The molecule has 3 rings (SSSR count). The fourth-order valence-electron chi connectivity index (χ4n) is 3.20. The number of nitrogens with zero attached hydrogens (tertiary/aromatic N) is 2. The highest BCUT2D eigenvalue weighted by atomic mass is 35.5. The van der Waals surface area contributed by atoms with E-state index in [1.807, 2.05) is 24.3 Å². The zero-order valence-corrected chi connectivity index (χ0v) is 13.2. The molecule has 21 heavy (non-hydrogen) atoms. The summed E-state index contributed by atoms with van der Waals surface area (Å²) in [6.45, 7) is 2.29. The normalized spacial score (nSPS) is 22.2. The highest BCUT2D eigenvalue weighted by Gasteiger charge is 2.24. The van der Waals surface area contributed by atoms with Crippen molar-refractivity contribution in [2.75, 3.05) is 0 Å². The van der Waals surface area contributed by atoms with Gasteiger partial charge in [0, 0.05) is 17.5 Å². The second-order valence-corrected chi connectivity index (χ2v) is 6.31. The van der Waals surface area contributed by atoms with Crippen LogP contribution in [0.15, 0.2) is 36.4 Å². The SMILES string of the molecule is CCC1CCC(c2nc(Cl)cc(-c3ccccc3)n2)CC1. The molecular formula is C18H21ClN2. The van der Waals surface area contributed by atoms with Crippen LogP contribution in [-0.4, -0.2) is 9.97 Å². The molecule has 110 valence electrons. The Balaban J connectivity index is 1.85. The summed E-state index contributed by atoms with van der Waals surface area (Å²) in [6.07, 6.45) is 6.24. The number of hydrogen-bond donors (Lipinski definition) is 0. The molecule has 0 saturated heterocycles. The first-order chi connectivity index (χ1) is 10.3. The molecule has 0 radical (unpaired) electrons. The Labute approximate surface area is 131 Å². The van der Waals surface area contributed by atoms with E-state index >= 15 is 0 Å². The van der Waals surface area contributed by atoms with E-state index in [0.717, 1.165) is 23.0 Å². The summed E-state index contributed by atoms with van der Waals surface area (Å²) in [5.74, 6) is 2.28. The van der Waals surface area contributed by atoms with Crippen molar-refractivity contribution in [3.05, 3.63) is 47.4 Å². The Morgan fingerprint density at radius 3 is 2.43 bits per heavy atom. The third-order valence-corrected chi connectivity index (χ3v) is 4.76. The lowest BCUT2D eigenvalue weighted by Crippen LogP contribution is -2.15. The van der Waals surface area contributed by atoms with E-state index in [2.05, 4.69) is 24.0 Å². The predicted molar refractivity (Wildman–Crippen MR) is 87.5 cm³/mol. The molecule has 2 aromatic rings. The van der Waals surface area contributed by atoms with Crippen molar-refractivity contribution in [3.63, 3.8) is 0 Å².